The third kappa shape index (κ3) is 7.27. The molecule has 0 aliphatic carbocycles. The van der Waals surface area contributed by atoms with Gasteiger partial charge in [0.1, 0.15) is 19.4 Å². The molecule has 4 atom stereocenters. The Morgan fingerprint density at radius 2 is 1.57 bits per heavy atom. The maximum Gasteiger partial charge on any atom is 0.161 e. The zero-order valence-electron chi connectivity index (χ0n) is 21.8. The predicted octanol–water partition coefficient (Wildman–Crippen LogP) is 2.78. The molecule has 2 aliphatic heterocycles. The summed E-state index contributed by atoms with van der Waals surface area (Å²) >= 11 is 0. The lowest BCUT2D eigenvalue weighted by molar-refractivity contribution is 0.0441. The molecule has 204 valence electrons. The summed E-state index contributed by atoms with van der Waals surface area (Å²) in [6, 6.07) is 10.5. The fraction of sp³-hybridized carbons (Fsp3) is 0.571. The molecule has 2 heterocycles. The number of aliphatic hydroxyl groups is 3. The van der Waals surface area contributed by atoms with E-state index < -0.39 is 18.4 Å². The van der Waals surface area contributed by atoms with Crippen LogP contribution in [0.5, 0.6) is 23.0 Å². The number of methoxy groups -OCH3 is 2. The first-order chi connectivity index (χ1) is 18.0. The molecule has 2 unspecified atom stereocenters. The summed E-state index contributed by atoms with van der Waals surface area (Å²) in [7, 11) is 3.14. The van der Waals surface area contributed by atoms with E-state index in [-0.39, 0.29) is 6.04 Å². The van der Waals surface area contributed by atoms with Crippen LogP contribution in [0.25, 0.3) is 0 Å². The quantitative estimate of drug-likeness (QED) is 0.299. The number of aliphatic hydroxyl groups excluding tert-OH is 3. The summed E-state index contributed by atoms with van der Waals surface area (Å²) < 4.78 is 21.9. The van der Waals surface area contributed by atoms with Crippen LogP contribution in [0.3, 0.4) is 0 Å². The predicted molar refractivity (Wildman–Crippen MR) is 139 cm³/mol. The molecule has 1 saturated heterocycles. The smallest absolute Gasteiger partial charge is 0.161 e. The Morgan fingerprint density at radius 3 is 2.30 bits per heavy atom. The Balaban J connectivity index is 1.34. The highest BCUT2D eigenvalue weighted by molar-refractivity contribution is 5.45. The van der Waals surface area contributed by atoms with Crippen LogP contribution in [-0.2, 0) is 0 Å². The van der Waals surface area contributed by atoms with Gasteiger partial charge in [-0.15, -0.1) is 0 Å². The molecular weight excluding hydrogens is 476 g/mol. The Kier molecular flexibility index (Phi) is 9.88. The largest absolute Gasteiger partial charge is 0.493 e. The molecule has 1 fully saturated rings. The van der Waals surface area contributed by atoms with E-state index in [0.717, 1.165) is 37.1 Å². The number of ether oxygens (including phenoxy) is 4. The van der Waals surface area contributed by atoms with Crippen LogP contribution in [0.15, 0.2) is 36.4 Å². The van der Waals surface area contributed by atoms with Crippen molar-refractivity contribution in [2.24, 2.45) is 0 Å². The lowest BCUT2D eigenvalue weighted by atomic mass is 9.99. The van der Waals surface area contributed by atoms with E-state index >= 15 is 0 Å². The van der Waals surface area contributed by atoms with Crippen molar-refractivity contribution in [1.29, 1.82) is 0 Å². The molecule has 9 nitrogen and oxygen atoms in total. The highest BCUT2D eigenvalue weighted by Crippen LogP contribution is 2.34. The SMILES string of the molecule is COc1ccc(C(O)CCCC(O)N[C@H](CN2CCCC2)[C@H](O)c2ccc3c(c2)OCCO3)cc1OC. The fourth-order valence-corrected chi connectivity index (χ4v) is 5.03. The van der Waals surface area contributed by atoms with Crippen molar-refractivity contribution in [3.05, 3.63) is 47.5 Å². The van der Waals surface area contributed by atoms with Gasteiger partial charge < -0.3 is 39.2 Å². The minimum atomic E-state index is -0.830. The number of nitrogens with zero attached hydrogens (tertiary/aromatic N) is 1. The molecule has 0 saturated carbocycles. The first kappa shape index (κ1) is 27.5. The molecule has 4 N–H and O–H groups in total. The van der Waals surface area contributed by atoms with Gasteiger partial charge in [-0.05, 0) is 80.6 Å². The van der Waals surface area contributed by atoms with Gasteiger partial charge in [0.2, 0.25) is 0 Å². The molecule has 2 aromatic rings. The average Bonchev–Trinajstić information content (AvgIpc) is 3.44. The molecule has 0 aromatic heterocycles. The molecule has 0 amide bonds. The van der Waals surface area contributed by atoms with E-state index in [1.165, 1.54) is 0 Å². The third-order valence-electron chi connectivity index (χ3n) is 7.10. The van der Waals surface area contributed by atoms with Crippen LogP contribution in [0.1, 0.15) is 55.4 Å². The van der Waals surface area contributed by atoms with Crippen molar-refractivity contribution < 1.29 is 34.3 Å². The third-order valence-corrected chi connectivity index (χ3v) is 7.10. The van der Waals surface area contributed by atoms with E-state index in [9.17, 15) is 15.3 Å². The molecule has 0 spiro atoms. The Morgan fingerprint density at radius 1 is 0.865 bits per heavy atom. The van der Waals surface area contributed by atoms with Crippen molar-refractivity contribution in [3.63, 3.8) is 0 Å². The van der Waals surface area contributed by atoms with Crippen LogP contribution in [0.2, 0.25) is 0 Å². The van der Waals surface area contributed by atoms with E-state index in [0.29, 0.717) is 62.0 Å². The van der Waals surface area contributed by atoms with Crippen LogP contribution in [-0.4, -0.2) is 79.6 Å². The number of likely N-dealkylation sites (tertiary alicyclic amines) is 1. The molecule has 0 radical (unpaired) electrons. The lowest BCUT2D eigenvalue weighted by Crippen LogP contribution is -2.48. The first-order valence-corrected chi connectivity index (χ1v) is 13.1. The Labute approximate surface area is 218 Å². The van der Waals surface area contributed by atoms with Crippen molar-refractivity contribution in [2.75, 3.05) is 47.1 Å². The van der Waals surface area contributed by atoms with Crippen molar-refractivity contribution in [1.82, 2.24) is 10.2 Å². The standard InChI is InChI=1S/C28H40N2O7/c1-34-23-10-8-19(16-25(23)35-2)22(31)6-5-7-27(32)29-21(18-30-12-3-4-13-30)28(33)20-9-11-24-26(17-20)37-15-14-36-24/h8-11,16-17,21-22,27-29,31-33H,3-7,12-15,18H2,1-2H3/t21-,22?,27?,28-/m1/s1. The summed E-state index contributed by atoms with van der Waals surface area (Å²) in [5.74, 6) is 2.49. The molecular formula is C28H40N2O7. The minimum Gasteiger partial charge on any atom is -0.493 e. The lowest BCUT2D eigenvalue weighted by Gasteiger charge is -2.31. The second kappa shape index (κ2) is 13.3. The second-order valence-electron chi connectivity index (χ2n) is 9.71. The molecule has 37 heavy (non-hydrogen) atoms. The van der Waals surface area contributed by atoms with E-state index in [4.69, 9.17) is 18.9 Å². The summed E-state index contributed by atoms with van der Waals surface area (Å²) in [6.07, 6.45) is 1.47. The van der Waals surface area contributed by atoms with Crippen LogP contribution in [0, 0.1) is 0 Å². The molecule has 2 aromatic carbocycles. The van der Waals surface area contributed by atoms with E-state index in [2.05, 4.69) is 10.2 Å². The van der Waals surface area contributed by atoms with Gasteiger partial charge in [0, 0.05) is 6.54 Å². The molecule has 9 heteroatoms. The summed E-state index contributed by atoms with van der Waals surface area (Å²) in [4.78, 5) is 2.31. The Hall–Kier alpha value is -2.56. The van der Waals surface area contributed by atoms with Crippen molar-refractivity contribution in [2.45, 2.75) is 56.6 Å². The maximum absolute atomic E-state index is 11.3. The summed E-state index contributed by atoms with van der Waals surface area (Å²) in [6.45, 7) is 3.59. The number of hydrogen-bond acceptors (Lipinski definition) is 9. The highest BCUT2D eigenvalue weighted by atomic mass is 16.6. The van der Waals surface area contributed by atoms with Crippen LogP contribution < -0.4 is 24.3 Å². The van der Waals surface area contributed by atoms with Gasteiger partial charge in [0.05, 0.1) is 32.5 Å². The average molecular weight is 517 g/mol. The van der Waals surface area contributed by atoms with Gasteiger partial charge >= 0.3 is 0 Å². The number of rotatable bonds is 13. The van der Waals surface area contributed by atoms with Crippen LogP contribution >= 0.6 is 0 Å². The number of benzene rings is 2. The van der Waals surface area contributed by atoms with Crippen molar-refractivity contribution >= 4 is 0 Å². The second-order valence-corrected chi connectivity index (χ2v) is 9.71. The number of hydrogen-bond donors (Lipinski definition) is 4. The monoisotopic (exact) mass is 516 g/mol. The van der Waals surface area contributed by atoms with Gasteiger partial charge in [-0.2, -0.15) is 0 Å². The van der Waals surface area contributed by atoms with Gasteiger partial charge in [-0.25, -0.2) is 0 Å². The first-order valence-electron chi connectivity index (χ1n) is 13.1. The topological polar surface area (TPSA) is 113 Å². The van der Waals surface area contributed by atoms with Gasteiger partial charge in [0.25, 0.3) is 0 Å². The zero-order chi connectivity index (χ0) is 26.2. The van der Waals surface area contributed by atoms with Gasteiger partial charge in [0.15, 0.2) is 23.0 Å². The van der Waals surface area contributed by atoms with Crippen molar-refractivity contribution in [3.8, 4) is 23.0 Å². The molecule has 2 aliphatic rings. The van der Waals surface area contributed by atoms with Gasteiger partial charge in [-0.1, -0.05) is 12.1 Å². The summed E-state index contributed by atoms with van der Waals surface area (Å²) in [5, 5.41) is 36.0. The summed E-state index contributed by atoms with van der Waals surface area (Å²) in [5.41, 5.74) is 1.46. The zero-order valence-corrected chi connectivity index (χ0v) is 21.8. The number of nitrogens with one attached hydrogen (secondary N) is 1. The van der Waals surface area contributed by atoms with E-state index in [1.807, 2.05) is 24.3 Å². The van der Waals surface area contributed by atoms with Gasteiger partial charge in [-0.3, -0.25) is 5.32 Å². The normalized spacial score (nSPS) is 18.7. The van der Waals surface area contributed by atoms with E-state index in [1.54, 1.807) is 26.4 Å². The van der Waals surface area contributed by atoms with Crippen LogP contribution in [0.4, 0.5) is 0 Å². The molecule has 4 rings (SSSR count). The minimum absolute atomic E-state index is 0.369. The fourth-order valence-electron chi connectivity index (χ4n) is 5.03. The number of fused-ring (bicyclic) bond motifs is 1. The highest BCUT2D eigenvalue weighted by Gasteiger charge is 2.28. The maximum atomic E-state index is 11.3. The Bertz CT molecular complexity index is 998. The molecule has 0 bridgehead atoms.